The van der Waals surface area contributed by atoms with Gasteiger partial charge in [-0.3, -0.25) is 9.36 Å². The molecule has 1 N–H and O–H groups in total. The van der Waals surface area contributed by atoms with Gasteiger partial charge in [-0.15, -0.1) is 0 Å². The number of fused-ring (bicyclic) bond motifs is 1. The molecule has 0 radical (unpaired) electrons. The van der Waals surface area contributed by atoms with Gasteiger partial charge in [0.1, 0.15) is 5.82 Å². The molecule has 1 aromatic heterocycles. The first-order chi connectivity index (χ1) is 8.34. The molecule has 1 fully saturated rings. The van der Waals surface area contributed by atoms with Crippen LogP contribution in [0, 0.1) is 0 Å². The minimum absolute atomic E-state index is 0.136. The number of nitrogens with zero attached hydrogens (tertiary/aromatic N) is 2. The normalized spacial score (nSPS) is 24.4. The van der Waals surface area contributed by atoms with Crippen LogP contribution in [0.5, 0.6) is 0 Å². The van der Waals surface area contributed by atoms with Crippen molar-refractivity contribution in [1.82, 2.24) is 14.9 Å². The van der Waals surface area contributed by atoms with Crippen molar-refractivity contribution in [2.24, 2.45) is 0 Å². The molecule has 92 valence electrons. The molecular weight excluding hydrogens is 214 g/mol. The molecule has 0 spiro atoms. The molecule has 0 aromatic carbocycles. The second-order valence-corrected chi connectivity index (χ2v) is 5.05. The lowest BCUT2D eigenvalue weighted by Gasteiger charge is -2.25. The van der Waals surface area contributed by atoms with E-state index in [1.165, 1.54) is 12.8 Å². The molecule has 4 nitrogen and oxygen atoms in total. The molecule has 1 aromatic rings. The SMILES string of the molecule is O=c1cc(C2CCCCN2)nc2n1CCCC2. The summed E-state index contributed by atoms with van der Waals surface area (Å²) in [7, 11) is 0. The molecule has 0 bridgehead atoms. The van der Waals surface area contributed by atoms with Gasteiger partial charge in [0.05, 0.1) is 5.69 Å². The number of piperidine rings is 1. The summed E-state index contributed by atoms with van der Waals surface area (Å²) in [6.45, 7) is 1.89. The van der Waals surface area contributed by atoms with Gasteiger partial charge < -0.3 is 5.32 Å². The first-order valence-corrected chi connectivity index (χ1v) is 6.68. The summed E-state index contributed by atoms with van der Waals surface area (Å²) in [4.78, 5) is 16.7. The smallest absolute Gasteiger partial charge is 0.253 e. The summed E-state index contributed by atoms with van der Waals surface area (Å²) in [5.74, 6) is 0.992. The van der Waals surface area contributed by atoms with E-state index in [2.05, 4.69) is 5.32 Å². The zero-order valence-corrected chi connectivity index (χ0v) is 10.1. The summed E-state index contributed by atoms with van der Waals surface area (Å²) in [5, 5.41) is 3.46. The average Bonchev–Trinajstić information content (AvgIpc) is 2.40. The molecule has 3 rings (SSSR count). The second-order valence-electron chi connectivity index (χ2n) is 5.05. The summed E-state index contributed by atoms with van der Waals surface area (Å²) >= 11 is 0. The molecule has 0 amide bonds. The molecule has 2 aliphatic heterocycles. The lowest BCUT2D eigenvalue weighted by Crippen LogP contribution is -2.33. The largest absolute Gasteiger partial charge is 0.309 e. The van der Waals surface area contributed by atoms with Crippen LogP contribution < -0.4 is 10.9 Å². The van der Waals surface area contributed by atoms with E-state index in [1.54, 1.807) is 6.07 Å². The molecular formula is C13H19N3O. The lowest BCUT2D eigenvalue weighted by molar-refractivity contribution is 0.398. The molecule has 2 aliphatic rings. The number of aryl methyl sites for hydroxylation is 1. The van der Waals surface area contributed by atoms with Crippen molar-refractivity contribution >= 4 is 0 Å². The summed E-state index contributed by atoms with van der Waals surface area (Å²) in [6.07, 6.45) is 6.80. The van der Waals surface area contributed by atoms with Crippen molar-refractivity contribution in [2.75, 3.05) is 6.54 Å². The summed E-state index contributed by atoms with van der Waals surface area (Å²) in [6, 6.07) is 2.03. The third-order valence-electron chi connectivity index (χ3n) is 3.81. The van der Waals surface area contributed by atoms with Crippen molar-refractivity contribution in [3.05, 3.63) is 27.9 Å². The highest BCUT2D eigenvalue weighted by Crippen LogP contribution is 2.21. The Morgan fingerprint density at radius 3 is 3.06 bits per heavy atom. The Kier molecular flexibility index (Phi) is 2.97. The maximum atomic E-state index is 12.0. The van der Waals surface area contributed by atoms with Gasteiger partial charge in [0, 0.05) is 25.1 Å². The van der Waals surface area contributed by atoms with E-state index in [9.17, 15) is 4.79 Å². The third kappa shape index (κ3) is 2.14. The first kappa shape index (κ1) is 11.0. The fourth-order valence-electron chi connectivity index (χ4n) is 2.84. The van der Waals surface area contributed by atoms with Crippen molar-refractivity contribution in [1.29, 1.82) is 0 Å². The summed E-state index contributed by atoms with van der Waals surface area (Å²) < 4.78 is 1.84. The number of hydrogen-bond donors (Lipinski definition) is 1. The van der Waals surface area contributed by atoms with Gasteiger partial charge in [0.25, 0.3) is 5.56 Å². The van der Waals surface area contributed by atoms with Crippen LogP contribution in [0.25, 0.3) is 0 Å². The zero-order valence-electron chi connectivity index (χ0n) is 10.1. The van der Waals surface area contributed by atoms with Crippen LogP contribution >= 0.6 is 0 Å². The van der Waals surface area contributed by atoms with Gasteiger partial charge in [-0.05, 0) is 32.2 Å². The van der Waals surface area contributed by atoms with Crippen LogP contribution in [0.1, 0.15) is 49.7 Å². The van der Waals surface area contributed by atoms with Crippen LogP contribution in [-0.2, 0) is 13.0 Å². The first-order valence-electron chi connectivity index (χ1n) is 6.68. The zero-order chi connectivity index (χ0) is 11.7. The standard InChI is InChI=1S/C13H19N3O/c17-13-9-11(10-5-1-3-7-14-10)15-12-6-2-4-8-16(12)13/h9-10,14H,1-8H2. The Bertz CT molecular complexity index is 460. The average molecular weight is 233 g/mol. The second kappa shape index (κ2) is 4.61. The monoisotopic (exact) mass is 233 g/mol. The van der Waals surface area contributed by atoms with Crippen LogP contribution in [0.15, 0.2) is 10.9 Å². The quantitative estimate of drug-likeness (QED) is 0.797. The van der Waals surface area contributed by atoms with Gasteiger partial charge in [-0.2, -0.15) is 0 Å². The third-order valence-corrected chi connectivity index (χ3v) is 3.81. The molecule has 3 heterocycles. The van der Waals surface area contributed by atoms with Crippen molar-refractivity contribution in [3.8, 4) is 0 Å². The Hall–Kier alpha value is -1.16. The highest BCUT2D eigenvalue weighted by atomic mass is 16.1. The topological polar surface area (TPSA) is 46.9 Å². The van der Waals surface area contributed by atoms with Crippen molar-refractivity contribution in [3.63, 3.8) is 0 Å². The van der Waals surface area contributed by atoms with E-state index in [0.717, 1.165) is 50.3 Å². The molecule has 0 saturated carbocycles. The number of aromatic nitrogens is 2. The molecule has 0 aliphatic carbocycles. The predicted octanol–water partition coefficient (Wildman–Crippen LogP) is 1.39. The highest BCUT2D eigenvalue weighted by molar-refractivity contribution is 5.11. The maximum Gasteiger partial charge on any atom is 0.253 e. The number of hydrogen-bond acceptors (Lipinski definition) is 3. The van der Waals surface area contributed by atoms with Crippen molar-refractivity contribution in [2.45, 2.75) is 51.1 Å². The number of rotatable bonds is 1. The van der Waals surface area contributed by atoms with E-state index >= 15 is 0 Å². The highest BCUT2D eigenvalue weighted by Gasteiger charge is 2.19. The lowest BCUT2D eigenvalue weighted by atomic mass is 10.0. The van der Waals surface area contributed by atoms with Crippen molar-refractivity contribution < 1.29 is 0 Å². The molecule has 1 saturated heterocycles. The van der Waals surface area contributed by atoms with Crippen LogP contribution in [0.3, 0.4) is 0 Å². The fourth-order valence-corrected chi connectivity index (χ4v) is 2.84. The van der Waals surface area contributed by atoms with E-state index < -0.39 is 0 Å². The Morgan fingerprint density at radius 2 is 2.24 bits per heavy atom. The minimum atomic E-state index is 0.136. The molecule has 1 atom stereocenters. The van der Waals surface area contributed by atoms with Gasteiger partial charge in [-0.25, -0.2) is 4.98 Å². The van der Waals surface area contributed by atoms with Crippen LogP contribution in [0.4, 0.5) is 0 Å². The van der Waals surface area contributed by atoms with Gasteiger partial charge in [0.2, 0.25) is 0 Å². The van der Waals surface area contributed by atoms with E-state index in [-0.39, 0.29) is 5.56 Å². The fraction of sp³-hybridized carbons (Fsp3) is 0.692. The van der Waals surface area contributed by atoms with E-state index in [1.807, 2.05) is 4.57 Å². The molecule has 17 heavy (non-hydrogen) atoms. The van der Waals surface area contributed by atoms with Crippen LogP contribution in [-0.4, -0.2) is 16.1 Å². The maximum absolute atomic E-state index is 12.0. The van der Waals surface area contributed by atoms with E-state index in [0.29, 0.717) is 6.04 Å². The molecule has 4 heteroatoms. The number of nitrogens with one attached hydrogen (secondary N) is 1. The summed E-state index contributed by atoms with van der Waals surface area (Å²) in [5.41, 5.74) is 1.10. The molecule has 1 unspecified atom stereocenters. The minimum Gasteiger partial charge on any atom is -0.309 e. The predicted molar refractivity (Wildman–Crippen MR) is 66.0 cm³/mol. The van der Waals surface area contributed by atoms with Gasteiger partial charge in [-0.1, -0.05) is 6.42 Å². The Morgan fingerprint density at radius 1 is 1.29 bits per heavy atom. The Balaban J connectivity index is 1.95. The van der Waals surface area contributed by atoms with E-state index in [4.69, 9.17) is 4.98 Å². The van der Waals surface area contributed by atoms with Crippen LogP contribution in [0.2, 0.25) is 0 Å². The Labute approximate surface area is 101 Å². The van der Waals surface area contributed by atoms with Gasteiger partial charge in [0.15, 0.2) is 0 Å². The van der Waals surface area contributed by atoms with Gasteiger partial charge >= 0.3 is 0 Å².